The fourth-order valence-corrected chi connectivity index (χ4v) is 3.69. The van der Waals surface area contributed by atoms with E-state index >= 15 is 0 Å². The topological polar surface area (TPSA) is 88.2 Å². The predicted molar refractivity (Wildman–Crippen MR) is 88.2 cm³/mol. The van der Waals surface area contributed by atoms with Gasteiger partial charge in [-0.05, 0) is 37.8 Å². The van der Waals surface area contributed by atoms with Crippen molar-refractivity contribution >= 4 is 28.1 Å². The zero-order valence-corrected chi connectivity index (χ0v) is 13.6. The minimum Gasteiger partial charge on any atom is -0.393 e. The van der Waals surface area contributed by atoms with E-state index in [4.69, 9.17) is 5.73 Å². The van der Waals surface area contributed by atoms with E-state index < -0.39 is 23.0 Å². The Balaban J connectivity index is 1.80. The molecule has 0 bridgehead atoms. The number of thiazole rings is 1. The lowest BCUT2D eigenvalue weighted by molar-refractivity contribution is 0.103. The number of carbonyl (C=O) groups is 1. The van der Waals surface area contributed by atoms with Crippen molar-refractivity contribution < 1.29 is 18.7 Å². The molecule has 0 amide bonds. The number of nitrogen functional groups attached to an aromatic ring is 1. The molecule has 3 rings (SSSR count). The van der Waals surface area contributed by atoms with Gasteiger partial charge in [-0.15, -0.1) is 0 Å². The van der Waals surface area contributed by atoms with Gasteiger partial charge in [0.05, 0.1) is 11.7 Å². The van der Waals surface area contributed by atoms with Crippen molar-refractivity contribution in [3.63, 3.8) is 0 Å². The molecule has 0 atom stereocenters. The molecular formula is C16H17F2N3O2S. The summed E-state index contributed by atoms with van der Waals surface area (Å²) in [4.78, 5) is 16.5. The van der Waals surface area contributed by atoms with E-state index in [1.54, 1.807) is 0 Å². The molecule has 1 aromatic carbocycles. The van der Waals surface area contributed by atoms with Gasteiger partial charge in [0.15, 0.2) is 5.13 Å². The standard InChI is InChI=1S/C16H17F2N3O2S/c17-10-2-1-3-11(18)12(10)13(23)14-15(19)21-16(24-14)20-8-4-6-9(22)7-5-8/h1-3,8-9,22H,4-7,19H2,(H,20,21). The molecule has 1 fully saturated rings. The summed E-state index contributed by atoms with van der Waals surface area (Å²) in [5.41, 5.74) is 5.14. The molecule has 8 heteroatoms. The molecule has 1 heterocycles. The Morgan fingerprint density at radius 2 is 1.88 bits per heavy atom. The van der Waals surface area contributed by atoms with Crippen molar-refractivity contribution in [2.45, 2.75) is 37.8 Å². The lowest BCUT2D eigenvalue weighted by Gasteiger charge is -2.25. The number of hydrogen-bond donors (Lipinski definition) is 3. The molecular weight excluding hydrogens is 336 g/mol. The summed E-state index contributed by atoms with van der Waals surface area (Å²) in [6.07, 6.45) is 2.69. The number of anilines is 2. The Labute approximate surface area is 141 Å². The van der Waals surface area contributed by atoms with E-state index in [-0.39, 0.29) is 22.8 Å². The molecule has 1 aliphatic carbocycles. The van der Waals surface area contributed by atoms with Gasteiger partial charge in [-0.1, -0.05) is 17.4 Å². The van der Waals surface area contributed by atoms with Crippen molar-refractivity contribution in [3.8, 4) is 0 Å². The number of aliphatic hydroxyl groups is 1. The van der Waals surface area contributed by atoms with Crippen LogP contribution in [0.2, 0.25) is 0 Å². The SMILES string of the molecule is Nc1nc(NC2CCC(O)CC2)sc1C(=O)c1c(F)cccc1F. The van der Waals surface area contributed by atoms with Crippen LogP contribution in [0.15, 0.2) is 18.2 Å². The van der Waals surface area contributed by atoms with E-state index in [1.165, 1.54) is 6.07 Å². The van der Waals surface area contributed by atoms with Gasteiger partial charge in [-0.25, -0.2) is 13.8 Å². The van der Waals surface area contributed by atoms with E-state index in [1.807, 2.05) is 0 Å². The van der Waals surface area contributed by atoms with Crippen LogP contribution in [0, 0.1) is 11.6 Å². The number of aromatic nitrogens is 1. The lowest BCUT2D eigenvalue weighted by Crippen LogP contribution is -2.28. The molecule has 0 saturated heterocycles. The number of nitrogens with two attached hydrogens (primary N) is 1. The molecule has 0 unspecified atom stereocenters. The smallest absolute Gasteiger partial charge is 0.212 e. The maximum absolute atomic E-state index is 13.8. The molecule has 1 aliphatic rings. The Kier molecular flexibility index (Phi) is 4.77. The van der Waals surface area contributed by atoms with Crippen molar-refractivity contribution in [1.82, 2.24) is 4.98 Å². The lowest BCUT2D eigenvalue weighted by atomic mass is 9.93. The molecule has 4 N–H and O–H groups in total. The molecule has 24 heavy (non-hydrogen) atoms. The number of hydrogen-bond acceptors (Lipinski definition) is 6. The molecule has 0 radical (unpaired) electrons. The normalized spacial score (nSPS) is 20.8. The van der Waals surface area contributed by atoms with Gasteiger partial charge in [-0.3, -0.25) is 4.79 Å². The van der Waals surface area contributed by atoms with Crippen LogP contribution in [0.3, 0.4) is 0 Å². The van der Waals surface area contributed by atoms with Crippen LogP contribution in [-0.4, -0.2) is 28.0 Å². The first kappa shape index (κ1) is 16.8. The van der Waals surface area contributed by atoms with Crippen LogP contribution in [0.25, 0.3) is 0 Å². The van der Waals surface area contributed by atoms with Crippen LogP contribution in [0.4, 0.5) is 19.7 Å². The van der Waals surface area contributed by atoms with Crippen molar-refractivity contribution in [1.29, 1.82) is 0 Å². The second-order valence-corrected chi connectivity index (χ2v) is 6.81. The van der Waals surface area contributed by atoms with Crippen LogP contribution >= 0.6 is 11.3 Å². The van der Waals surface area contributed by atoms with Gasteiger partial charge in [0, 0.05) is 6.04 Å². The van der Waals surface area contributed by atoms with E-state index in [9.17, 15) is 18.7 Å². The average molecular weight is 353 g/mol. The summed E-state index contributed by atoms with van der Waals surface area (Å²) < 4.78 is 27.6. The average Bonchev–Trinajstić information content (AvgIpc) is 2.90. The fraction of sp³-hybridized carbons (Fsp3) is 0.375. The Bertz CT molecular complexity index is 738. The summed E-state index contributed by atoms with van der Waals surface area (Å²) in [5.74, 6) is -2.72. The number of ketones is 1. The monoisotopic (exact) mass is 353 g/mol. The first-order valence-corrected chi connectivity index (χ1v) is 8.47. The number of benzene rings is 1. The first-order valence-electron chi connectivity index (χ1n) is 7.65. The molecule has 1 aromatic heterocycles. The van der Waals surface area contributed by atoms with Gasteiger partial charge in [0.1, 0.15) is 22.3 Å². The number of rotatable bonds is 4. The molecule has 5 nitrogen and oxygen atoms in total. The Morgan fingerprint density at radius 3 is 2.50 bits per heavy atom. The van der Waals surface area contributed by atoms with Gasteiger partial charge in [0.25, 0.3) is 0 Å². The van der Waals surface area contributed by atoms with E-state index in [0.29, 0.717) is 18.0 Å². The maximum atomic E-state index is 13.8. The number of nitrogens with one attached hydrogen (secondary N) is 1. The predicted octanol–water partition coefficient (Wildman–Crippen LogP) is 2.95. The maximum Gasteiger partial charge on any atom is 0.212 e. The van der Waals surface area contributed by atoms with Crippen molar-refractivity contribution in [2.75, 3.05) is 11.1 Å². The molecule has 128 valence electrons. The summed E-state index contributed by atoms with van der Waals surface area (Å²) in [5, 5.41) is 13.1. The highest BCUT2D eigenvalue weighted by Crippen LogP contribution is 2.31. The van der Waals surface area contributed by atoms with Gasteiger partial charge in [-0.2, -0.15) is 0 Å². The van der Waals surface area contributed by atoms with Crippen molar-refractivity contribution in [3.05, 3.63) is 40.3 Å². The van der Waals surface area contributed by atoms with Crippen LogP contribution in [-0.2, 0) is 0 Å². The number of aliphatic hydroxyl groups excluding tert-OH is 1. The zero-order valence-electron chi connectivity index (χ0n) is 12.8. The highest BCUT2D eigenvalue weighted by Gasteiger charge is 2.25. The first-order chi connectivity index (χ1) is 11.5. The Hall–Kier alpha value is -2.06. The minimum atomic E-state index is -0.927. The number of carbonyl (C=O) groups excluding carboxylic acids is 1. The number of halogens is 2. The second-order valence-electron chi connectivity index (χ2n) is 5.81. The van der Waals surface area contributed by atoms with Crippen LogP contribution < -0.4 is 11.1 Å². The van der Waals surface area contributed by atoms with Gasteiger partial charge in [0.2, 0.25) is 5.78 Å². The largest absolute Gasteiger partial charge is 0.393 e. The third-order valence-corrected chi connectivity index (χ3v) is 5.07. The summed E-state index contributed by atoms with van der Waals surface area (Å²) >= 11 is 0.982. The van der Waals surface area contributed by atoms with Crippen molar-refractivity contribution in [2.24, 2.45) is 0 Å². The molecule has 2 aromatic rings. The van der Waals surface area contributed by atoms with Crippen LogP contribution in [0.5, 0.6) is 0 Å². The third kappa shape index (κ3) is 3.39. The quantitative estimate of drug-likeness (QED) is 0.736. The zero-order chi connectivity index (χ0) is 17.3. The van der Waals surface area contributed by atoms with Crippen LogP contribution in [0.1, 0.15) is 40.9 Å². The molecule has 1 saturated carbocycles. The van der Waals surface area contributed by atoms with Gasteiger partial charge < -0.3 is 16.2 Å². The highest BCUT2D eigenvalue weighted by molar-refractivity contribution is 7.18. The summed E-state index contributed by atoms with van der Waals surface area (Å²) in [6.45, 7) is 0. The van der Waals surface area contributed by atoms with Gasteiger partial charge >= 0.3 is 0 Å². The van der Waals surface area contributed by atoms with E-state index in [0.717, 1.165) is 36.3 Å². The third-order valence-electron chi connectivity index (χ3n) is 4.07. The highest BCUT2D eigenvalue weighted by atomic mass is 32.1. The van der Waals surface area contributed by atoms with E-state index in [2.05, 4.69) is 10.3 Å². The molecule has 0 aliphatic heterocycles. The minimum absolute atomic E-state index is 0.0114. The summed E-state index contributed by atoms with van der Waals surface area (Å²) in [7, 11) is 0. The molecule has 0 spiro atoms. The second kappa shape index (κ2) is 6.82. The Morgan fingerprint density at radius 1 is 1.25 bits per heavy atom. The fourth-order valence-electron chi connectivity index (χ4n) is 2.78. The summed E-state index contributed by atoms with van der Waals surface area (Å²) in [6, 6.07) is 3.38. The number of nitrogens with zero attached hydrogens (tertiary/aromatic N) is 1.